The second-order valence-corrected chi connectivity index (χ2v) is 3.49. The predicted molar refractivity (Wildman–Crippen MR) is 53.8 cm³/mol. The van der Waals surface area contributed by atoms with Crippen LogP contribution < -0.4 is 0 Å². The summed E-state index contributed by atoms with van der Waals surface area (Å²) >= 11 is 0. The maximum atomic E-state index is 5.67. The van der Waals surface area contributed by atoms with Gasteiger partial charge in [0.15, 0.2) is 0 Å². The minimum absolute atomic E-state index is 0.501. The van der Waals surface area contributed by atoms with E-state index in [-0.39, 0.29) is 0 Å². The molecule has 1 saturated carbocycles. The fourth-order valence-electron chi connectivity index (χ4n) is 1.67. The monoisotopic (exact) mass is 184 g/mol. The van der Waals surface area contributed by atoms with Crippen LogP contribution in [-0.4, -0.2) is 25.9 Å². The smallest absolute Gasteiger partial charge is 0.0704 e. The van der Waals surface area contributed by atoms with Crippen molar-refractivity contribution in [2.24, 2.45) is 0 Å². The number of rotatable bonds is 6. The quantitative estimate of drug-likeness (QED) is 0.466. The Kier molecular flexibility index (Phi) is 5.87. The Hall–Kier alpha value is -0.340. The molecule has 1 fully saturated rings. The highest BCUT2D eigenvalue weighted by Gasteiger charge is 2.12. The van der Waals surface area contributed by atoms with E-state index < -0.39 is 0 Å². The number of hydrogen-bond donors (Lipinski definition) is 0. The van der Waals surface area contributed by atoms with Gasteiger partial charge in [0.05, 0.1) is 25.9 Å². The molecule has 0 N–H and O–H groups in total. The van der Waals surface area contributed by atoms with Gasteiger partial charge in [-0.15, -0.1) is 6.58 Å². The van der Waals surface area contributed by atoms with E-state index in [9.17, 15) is 0 Å². The summed E-state index contributed by atoms with van der Waals surface area (Å²) in [5.41, 5.74) is 0. The summed E-state index contributed by atoms with van der Waals surface area (Å²) in [6.45, 7) is 5.65. The Labute approximate surface area is 80.9 Å². The van der Waals surface area contributed by atoms with Gasteiger partial charge in [0.25, 0.3) is 0 Å². The van der Waals surface area contributed by atoms with Gasteiger partial charge in [-0.25, -0.2) is 0 Å². The zero-order valence-corrected chi connectivity index (χ0v) is 8.34. The molecule has 0 bridgehead atoms. The molecule has 1 aliphatic carbocycles. The van der Waals surface area contributed by atoms with Crippen molar-refractivity contribution in [3.8, 4) is 0 Å². The third-order valence-electron chi connectivity index (χ3n) is 2.37. The van der Waals surface area contributed by atoms with Crippen LogP contribution in [0, 0.1) is 0 Å². The second-order valence-electron chi connectivity index (χ2n) is 3.49. The normalized spacial score (nSPS) is 18.8. The lowest BCUT2D eigenvalue weighted by molar-refractivity contribution is -0.00542. The van der Waals surface area contributed by atoms with Crippen LogP contribution in [0.5, 0.6) is 0 Å². The number of hydrogen-bond acceptors (Lipinski definition) is 2. The molecular weight excluding hydrogens is 164 g/mol. The largest absolute Gasteiger partial charge is 0.376 e. The molecule has 1 rings (SSSR count). The minimum atomic E-state index is 0.501. The molecule has 0 unspecified atom stereocenters. The molecule has 0 saturated heterocycles. The van der Waals surface area contributed by atoms with Gasteiger partial charge < -0.3 is 9.47 Å². The molecular formula is C11H20O2. The van der Waals surface area contributed by atoms with E-state index in [1.54, 1.807) is 6.08 Å². The predicted octanol–water partition coefficient (Wildman–Crippen LogP) is 2.54. The highest BCUT2D eigenvalue weighted by atomic mass is 16.5. The average Bonchev–Trinajstić information content (AvgIpc) is 2.19. The van der Waals surface area contributed by atoms with Crippen molar-refractivity contribution < 1.29 is 9.47 Å². The summed E-state index contributed by atoms with van der Waals surface area (Å²) in [4.78, 5) is 0. The van der Waals surface area contributed by atoms with Crippen LogP contribution in [-0.2, 0) is 9.47 Å². The van der Waals surface area contributed by atoms with Gasteiger partial charge in [0.1, 0.15) is 0 Å². The summed E-state index contributed by atoms with van der Waals surface area (Å²) in [7, 11) is 0. The fourth-order valence-corrected chi connectivity index (χ4v) is 1.67. The topological polar surface area (TPSA) is 18.5 Å². The van der Waals surface area contributed by atoms with Crippen molar-refractivity contribution in [3.05, 3.63) is 12.7 Å². The van der Waals surface area contributed by atoms with Gasteiger partial charge in [-0.1, -0.05) is 25.3 Å². The van der Waals surface area contributed by atoms with E-state index >= 15 is 0 Å². The molecule has 0 spiro atoms. The Morgan fingerprint density at radius 3 is 2.62 bits per heavy atom. The van der Waals surface area contributed by atoms with Gasteiger partial charge in [-0.3, -0.25) is 0 Å². The summed E-state index contributed by atoms with van der Waals surface area (Å²) in [6, 6.07) is 0. The zero-order chi connectivity index (χ0) is 9.36. The molecule has 0 aromatic rings. The van der Waals surface area contributed by atoms with E-state index in [0.29, 0.717) is 19.3 Å². The summed E-state index contributed by atoms with van der Waals surface area (Å²) in [6.07, 6.45) is 8.79. The van der Waals surface area contributed by atoms with E-state index in [2.05, 4.69) is 6.58 Å². The molecule has 0 aliphatic heterocycles. The lowest BCUT2D eigenvalue weighted by Crippen LogP contribution is -2.19. The third-order valence-corrected chi connectivity index (χ3v) is 2.37. The van der Waals surface area contributed by atoms with Gasteiger partial charge in [0, 0.05) is 0 Å². The SMILES string of the molecule is C=CCOCCOC1CCCCC1. The molecule has 0 aromatic carbocycles. The maximum absolute atomic E-state index is 5.67. The van der Waals surface area contributed by atoms with Crippen LogP contribution >= 0.6 is 0 Å². The molecule has 0 amide bonds. The molecule has 2 nitrogen and oxygen atoms in total. The maximum Gasteiger partial charge on any atom is 0.0704 e. The molecule has 13 heavy (non-hydrogen) atoms. The van der Waals surface area contributed by atoms with Crippen LogP contribution in [0.1, 0.15) is 32.1 Å². The lowest BCUT2D eigenvalue weighted by Gasteiger charge is -2.21. The highest BCUT2D eigenvalue weighted by molar-refractivity contribution is 4.65. The highest BCUT2D eigenvalue weighted by Crippen LogP contribution is 2.19. The average molecular weight is 184 g/mol. The van der Waals surface area contributed by atoms with Crippen LogP contribution in [0.15, 0.2) is 12.7 Å². The Morgan fingerprint density at radius 1 is 1.15 bits per heavy atom. The van der Waals surface area contributed by atoms with E-state index in [0.717, 1.165) is 6.61 Å². The zero-order valence-electron chi connectivity index (χ0n) is 8.34. The molecule has 1 aliphatic rings. The Morgan fingerprint density at radius 2 is 1.92 bits per heavy atom. The van der Waals surface area contributed by atoms with Crippen molar-refractivity contribution in [3.63, 3.8) is 0 Å². The van der Waals surface area contributed by atoms with Crippen molar-refractivity contribution in [1.82, 2.24) is 0 Å². The Balaban J connectivity index is 1.89. The summed E-state index contributed by atoms with van der Waals surface area (Å²) < 4.78 is 10.9. The van der Waals surface area contributed by atoms with E-state index in [4.69, 9.17) is 9.47 Å². The van der Waals surface area contributed by atoms with Gasteiger partial charge >= 0.3 is 0 Å². The van der Waals surface area contributed by atoms with Gasteiger partial charge in [0.2, 0.25) is 0 Å². The first kappa shape index (κ1) is 10.7. The minimum Gasteiger partial charge on any atom is -0.376 e. The first-order chi connectivity index (χ1) is 6.43. The lowest BCUT2D eigenvalue weighted by atomic mass is 9.98. The van der Waals surface area contributed by atoms with E-state index in [1.807, 2.05) is 0 Å². The Bertz CT molecular complexity index is 128. The van der Waals surface area contributed by atoms with Crippen LogP contribution in [0.4, 0.5) is 0 Å². The third kappa shape index (κ3) is 5.06. The summed E-state index contributed by atoms with van der Waals surface area (Å²) in [5.74, 6) is 0. The molecule has 0 radical (unpaired) electrons. The molecule has 0 heterocycles. The van der Waals surface area contributed by atoms with Crippen molar-refractivity contribution in [2.45, 2.75) is 38.2 Å². The van der Waals surface area contributed by atoms with Gasteiger partial charge in [-0.2, -0.15) is 0 Å². The molecule has 76 valence electrons. The fraction of sp³-hybridized carbons (Fsp3) is 0.818. The standard InChI is InChI=1S/C11H20O2/c1-2-8-12-9-10-13-11-6-4-3-5-7-11/h2,11H,1,3-10H2. The van der Waals surface area contributed by atoms with Crippen molar-refractivity contribution in [1.29, 1.82) is 0 Å². The first-order valence-electron chi connectivity index (χ1n) is 5.23. The van der Waals surface area contributed by atoms with Gasteiger partial charge in [-0.05, 0) is 12.8 Å². The van der Waals surface area contributed by atoms with Crippen LogP contribution in [0.25, 0.3) is 0 Å². The van der Waals surface area contributed by atoms with Crippen LogP contribution in [0.3, 0.4) is 0 Å². The second kappa shape index (κ2) is 7.10. The number of ether oxygens (including phenoxy) is 2. The molecule has 2 heteroatoms. The first-order valence-corrected chi connectivity index (χ1v) is 5.23. The van der Waals surface area contributed by atoms with Crippen molar-refractivity contribution >= 4 is 0 Å². The molecule has 0 aromatic heterocycles. The van der Waals surface area contributed by atoms with E-state index in [1.165, 1.54) is 32.1 Å². The van der Waals surface area contributed by atoms with Crippen molar-refractivity contribution in [2.75, 3.05) is 19.8 Å². The molecule has 0 atom stereocenters. The summed E-state index contributed by atoms with van der Waals surface area (Å²) in [5, 5.41) is 0. The van der Waals surface area contributed by atoms with Crippen LogP contribution in [0.2, 0.25) is 0 Å².